The van der Waals surface area contributed by atoms with E-state index in [0.717, 1.165) is 11.6 Å². The van der Waals surface area contributed by atoms with Crippen LogP contribution in [0.1, 0.15) is 16.8 Å². The molecule has 0 aliphatic carbocycles. The van der Waals surface area contributed by atoms with Gasteiger partial charge < -0.3 is 0 Å². The lowest BCUT2D eigenvalue weighted by atomic mass is 10.1. The Morgan fingerprint density at radius 2 is 1.77 bits per heavy atom. The summed E-state index contributed by atoms with van der Waals surface area (Å²) in [6.45, 7) is 1.77. The molecule has 1 nitrogen and oxygen atoms in total. The molecule has 22 heavy (non-hydrogen) atoms. The molecule has 1 heterocycles. The van der Waals surface area contributed by atoms with Gasteiger partial charge in [-0.15, -0.1) is 0 Å². The van der Waals surface area contributed by atoms with Crippen LogP contribution in [-0.2, 0) is 0 Å². The normalized spacial score (nSPS) is 11.5. The van der Waals surface area contributed by atoms with Crippen molar-refractivity contribution in [2.75, 3.05) is 0 Å². The number of hydrogen-bond donors (Lipinski definition) is 0. The van der Waals surface area contributed by atoms with Gasteiger partial charge in [-0.25, -0.2) is 13.8 Å². The second kappa shape index (κ2) is 5.85. The standard InChI is InChI=1S/C18H12ClF2N/c1-11-15(8-7-12-5-3-2-4-6-12)22-16-10-13(20)9-14(21)17(16)18(11)19/h2-10H,1H3. The average Bonchev–Trinajstić information content (AvgIpc) is 2.49. The van der Waals surface area contributed by atoms with Crippen molar-refractivity contribution >= 4 is 34.7 Å². The number of pyridine rings is 1. The van der Waals surface area contributed by atoms with Crippen molar-refractivity contribution in [1.29, 1.82) is 0 Å². The Bertz CT molecular complexity index is 873. The van der Waals surface area contributed by atoms with E-state index in [1.807, 2.05) is 36.4 Å². The van der Waals surface area contributed by atoms with Crippen LogP contribution in [0.5, 0.6) is 0 Å². The lowest BCUT2D eigenvalue weighted by Gasteiger charge is -2.08. The highest BCUT2D eigenvalue weighted by atomic mass is 35.5. The highest BCUT2D eigenvalue weighted by Gasteiger charge is 2.13. The molecule has 0 spiro atoms. The quantitative estimate of drug-likeness (QED) is 0.596. The Morgan fingerprint density at radius 1 is 1.05 bits per heavy atom. The maximum Gasteiger partial charge on any atom is 0.137 e. The molecule has 0 aliphatic heterocycles. The monoisotopic (exact) mass is 315 g/mol. The minimum atomic E-state index is -0.700. The molecule has 0 radical (unpaired) electrons. The largest absolute Gasteiger partial charge is 0.248 e. The molecule has 0 amide bonds. The average molecular weight is 316 g/mol. The van der Waals surface area contributed by atoms with Gasteiger partial charge in [0.15, 0.2) is 0 Å². The van der Waals surface area contributed by atoms with Crippen molar-refractivity contribution < 1.29 is 8.78 Å². The smallest absolute Gasteiger partial charge is 0.137 e. The van der Waals surface area contributed by atoms with E-state index in [1.54, 1.807) is 13.0 Å². The molecule has 0 unspecified atom stereocenters. The maximum atomic E-state index is 13.9. The molecule has 2 aromatic carbocycles. The summed E-state index contributed by atoms with van der Waals surface area (Å²) in [7, 11) is 0. The van der Waals surface area contributed by atoms with Crippen LogP contribution < -0.4 is 0 Å². The SMILES string of the molecule is Cc1c(C=Cc2ccccc2)nc2cc(F)cc(F)c2c1Cl. The van der Waals surface area contributed by atoms with Gasteiger partial charge in [-0.2, -0.15) is 0 Å². The maximum absolute atomic E-state index is 13.9. The van der Waals surface area contributed by atoms with E-state index in [0.29, 0.717) is 11.3 Å². The number of rotatable bonds is 2. The molecule has 0 saturated heterocycles. The van der Waals surface area contributed by atoms with Crippen LogP contribution in [0.4, 0.5) is 8.78 Å². The fraction of sp³-hybridized carbons (Fsp3) is 0.0556. The molecule has 110 valence electrons. The van der Waals surface area contributed by atoms with Gasteiger partial charge >= 0.3 is 0 Å². The highest BCUT2D eigenvalue weighted by molar-refractivity contribution is 6.36. The number of benzene rings is 2. The summed E-state index contributed by atoms with van der Waals surface area (Å²) in [6.07, 6.45) is 3.67. The van der Waals surface area contributed by atoms with Gasteiger partial charge in [0.1, 0.15) is 11.6 Å². The second-order valence-electron chi connectivity index (χ2n) is 4.96. The van der Waals surface area contributed by atoms with Crippen molar-refractivity contribution in [3.8, 4) is 0 Å². The van der Waals surface area contributed by atoms with E-state index in [2.05, 4.69) is 4.98 Å². The summed E-state index contributed by atoms with van der Waals surface area (Å²) < 4.78 is 27.3. The second-order valence-corrected chi connectivity index (χ2v) is 5.34. The number of hydrogen-bond acceptors (Lipinski definition) is 1. The summed E-state index contributed by atoms with van der Waals surface area (Å²) in [6, 6.07) is 11.7. The molecular formula is C18H12ClF2N. The third kappa shape index (κ3) is 2.72. The summed E-state index contributed by atoms with van der Waals surface area (Å²) in [4.78, 5) is 4.32. The number of halogens is 3. The zero-order chi connectivity index (χ0) is 15.7. The zero-order valence-electron chi connectivity index (χ0n) is 11.8. The first-order valence-electron chi connectivity index (χ1n) is 6.74. The van der Waals surface area contributed by atoms with Gasteiger partial charge in [0.05, 0.1) is 21.6 Å². The lowest BCUT2D eigenvalue weighted by Crippen LogP contribution is -1.94. The predicted molar refractivity (Wildman–Crippen MR) is 86.8 cm³/mol. The van der Waals surface area contributed by atoms with Gasteiger partial charge in [-0.05, 0) is 24.1 Å². The van der Waals surface area contributed by atoms with Gasteiger partial charge in [-0.1, -0.05) is 48.0 Å². The van der Waals surface area contributed by atoms with Gasteiger partial charge in [0, 0.05) is 12.1 Å². The van der Waals surface area contributed by atoms with E-state index in [-0.39, 0.29) is 15.9 Å². The molecule has 0 atom stereocenters. The highest BCUT2D eigenvalue weighted by Crippen LogP contribution is 2.31. The van der Waals surface area contributed by atoms with Gasteiger partial charge in [0.25, 0.3) is 0 Å². The number of aromatic nitrogens is 1. The van der Waals surface area contributed by atoms with Crippen LogP contribution in [0, 0.1) is 18.6 Å². The van der Waals surface area contributed by atoms with Crippen molar-refractivity contribution in [1.82, 2.24) is 4.98 Å². The van der Waals surface area contributed by atoms with Crippen LogP contribution in [0.25, 0.3) is 23.1 Å². The van der Waals surface area contributed by atoms with E-state index < -0.39 is 11.6 Å². The van der Waals surface area contributed by atoms with Crippen LogP contribution in [0.15, 0.2) is 42.5 Å². The summed E-state index contributed by atoms with van der Waals surface area (Å²) in [5.41, 5.74) is 2.46. The Morgan fingerprint density at radius 3 is 2.50 bits per heavy atom. The van der Waals surface area contributed by atoms with Crippen molar-refractivity contribution in [3.63, 3.8) is 0 Å². The molecule has 4 heteroatoms. The van der Waals surface area contributed by atoms with Crippen LogP contribution >= 0.6 is 11.6 Å². The fourth-order valence-corrected chi connectivity index (χ4v) is 2.56. The third-order valence-corrected chi connectivity index (χ3v) is 3.91. The Kier molecular flexibility index (Phi) is 3.90. The first-order valence-corrected chi connectivity index (χ1v) is 7.12. The van der Waals surface area contributed by atoms with E-state index in [1.165, 1.54) is 6.07 Å². The summed E-state index contributed by atoms with van der Waals surface area (Å²) >= 11 is 6.23. The number of nitrogens with zero attached hydrogens (tertiary/aromatic N) is 1. The van der Waals surface area contributed by atoms with Crippen LogP contribution in [0.3, 0.4) is 0 Å². The minimum absolute atomic E-state index is 0.150. The molecule has 1 aromatic heterocycles. The molecule has 3 aromatic rings. The Balaban J connectivity index is 2.15. The minimum Gasteiger partial charge on any atom is -0.248 e. The third-order valence-electron chi connectivity index (χ3n) is 3.44. The first-order chi connectivity index (χ1) is 10.6. The number of fused-ring (bicyclic) bond motifs is 1. The van der Waals surface area contributed by atoms with E-state index in [4.69, 9.17) is 11.6 Å². The zero-order valence-corrected chi connectivity index (χ0v) is 12.5. The molecule has 0 saturated carbocycles. The molecule has 0 bridgehead atoms. The lowest BCUT2D eigenvalue weighted by molar-refractivity contribution is 0.591. The van der Waals surface area contributed by atoms with Gasteiger partial charge in [-0.3, -0.25) is 0 Å². The van der Waals surface area contributed by atoms with Gasteiger partial charge in [0.2, 0.25) is 0 Å². The Labute approximate surface area is 131 Å². The van der Waals surface area contributed by atoms with Crippen molar-refractivity contribution in [2.24, 2.45) is 0 Å². The fourth-order valence-electron chi connectivity index (χ4n) is 2.28. The first kappa shape index (κ1) is 14.7. The molecule has 0 N–H and O–H groups in total. The molecule has 3 rings (SSSR count). The van der Waals surface area contributed by atoms with Crippen LogP contribution in [-0.4, -0.2) is 4.98 Å². The summed E-state index contributed by atoms with van der Waals surface area (Å²) in [5, 5.41) is 0.410. The topological polar surface area (TPSA) is 12.9 Å². The van der Waals surface area contributed by atoms with E-state index >= 15 is 0 Å². The molecular weight excluding hydrogens is 304 g/mol. The predicted octanol–water partition coefficient (Wildman–Crippen LogP) is 5.65. The van der Waals surface area contributed by atoms with Crippen molar-refractivity contribution in [2.45, 2.75) is 6.92 Å². The summed E-state index contributed by atoms with van der Waals surface area (Å²) in [5.74, 6) is -1.37. The molecule has 0 fully saturated rings. The van der Waals surface area contributed by atoms with E-state index in [9.17, 15) is 8.78 Å². The molecule has 0 aliphatic rings. The Hall–Kier alpha value is -2.26. The van der Waals surface area contributed by atoms with Crippen LogP contribution in [0.2, 0.25) is 5.02 Å². The van der Waals surface area contributed by atoms with Crippen molar-refractivity contribution in [3.05, 3.63) is 75.9 Å².